The van der Waals surface area contributed by atoms with Gasteiger partial charge in [-0.3, -0.25) is 9.36 Å². The van der Waals surface area contributed by atoms with Crippen LogP contribution in [-0.4, -0.2) is 57.0 Å². The average Bonchev–Trinajstić information content (AvgIpc) is 3.45. The highest BCUT2D eigenvalue weighted by Gasteiger charge is 2.24. The molecule has 3 aromatic rings. The molecule has 0 saturated carbocycles. The highest BCUT2D eigenvalue weighted by atomic mass is 32.2. The maximum atomic E-state index is 14.5. The van der Waals surface area contributed by atoms with Gasteiger partial charge in [-0.15, -0.1) is 10.2 Å². The lowest BCUT2D eigenvalue weighted by Gasteiger charge is -2.20. The number of benzene rings is 2. The van der Waals surface area contributed by atoms with Gasteiger partial charge >= 0.3 is 0 Å². The molecule has 2 heterocycles. The molecular formula is C24H28FN5OS. The number of hydrogen-bond acceptors (Lipinski definition) is 5. The first-order valence-electron chi connectivity index (χ1n) is 10.9. The van der Waals surface area contributed by atoms with Gasteiger partial charge < -0.3 is 10.2 Å². The van der Waals surface area contributed by atoms with Crippen LogP contribution in [-0.2, 0) is 4.79 Å². The van der Waals surface area contributed by atoms with Crippen LogP contribution in [0.25, 0.3) is 17.1 Å². The largest absolute Gasteiger partial charge is 0.355 e. The summed E-state index contributed by atoms with van der Waals surface area (Å²) in [4.78, 5) is 14.9. The van der Waals surface area contributed by atoms with Gasteiger partial charge in [-0.1, -0.05) is 42.1 Å². The number of halogens is 1. The first-order valence-corrected chi connectivity index (χ1v) is 11.9. The molecule has 1 N–H and O–H groups in total. The summed E-state index contributed by atoms with van der Waals surface area (Å²) in [5.41, 5.74) is 1.19. The summed E-state index contributed by atoms with van der Waals surface area (Å²) in [5.74, 6) is 0.735. The highest BCUT2D eigenvalue weighted by molar-refractivity contribution is 7.99. The number of rotatable bonds is 8. The van der Waals surface area contributed by atoms with Crippen LogP contribution in [0.2, 0.25) is 0 Å². The summed E-state index contributed by atoms with van der Waals surface area (Å²) < 4.78 is 16.3. The van der Waals surface area contributed by atoms with Crippen molar-refractivity contribution in [3.05, 3.63) is 60.4 Å². The average molecular weight is 454 g/mol. The van der Waals surface area contributed by atoms with Crippen molar-refractivity contribution in [1.29, 1.82) is 0 Å². The number of amides is 1. The first-order chi connectivity index (χ1) is 15.5. The Hall–Kier alpha value is -2.71. The molecule has 4 rings (SSSR count). The Balaban J connectivity index is 1.45. The van der Waals surface area contributed by atoms with E-state index in [2.05, 4.69) is 34.3 Å². The molecule has 0 aliphatic carbocycles. The minimum atomic E-state index is -0.363. The lowest BCUT2D eigenvalue weighted by molar-refractivity contribution is -0.118. The predicted molar refractivity (Wildman–Crippen MR) is 125 cm³/mol. The molecule has 1 fully saturated rings. The molecular weight excluding hydrogens is 425 g/mol. The summed E-state index contributed by atoms with van der Waals surface area (Å²) in [7, 11) is 0. The van der Waals surface area contributed by atoms with Crippen molar-refractivity contribution in [3.8, 4) is 17.1 Å². The molecule has 1 atom stereocenters. The molecule has 1 aliphatic rings. The van der Waals surface area contributed by atoms with Gasteiger partial charge in [0.05, 0.1) is 11.3 Å². The van der Waals surface area contributed by atoms with E-state index >= 15 is 0 Å². The minimum absolute atomic E-state index is 0.0342. The number of para-hydroxylation sites is 1. The van der Waals surface area contributed by atoms with E-state index in [9.17, 15) is 9.18 Å². The van der Waals surface area contributed by atoms with Crippen molar-refractivity contribution in [2.45, 2.75) is 31.5 Å². The van der Waals surface area contributed by atoms with Crippen molar-refractivity contribution in [2.24, 2.45) is 5.92 Å². The van der Waals surface area contributed by atoms with Gasteiger partial charge in [-0.2, -0.15) is 0 Å². The Morgan fingerprint density at radius 3 is 2.62 bits per heavy atom. The lowest BCUT2D eigenvalue weighted by Crippen LogP contribution is -2.33. The van der Waals surface area contributed by atoms with Crippen molar-refractivity contribution < 1.29 is 9.18 Å². The van der Waals surface area contributed by atoms with E-state index in [-0.39, 0.29) is 17.5 Å². The third kappa shape index (κ3) is 5.19. The predicted octanol–water partition coefficient (Wildman–Crippen LogP) is 4.01. The molecule has 1 amide bonds. The van der Waals surface area contributed by atoms with Gasteiger partial charge in [-0.05, 0) is 57.0 Å². The smallest absolute Gasteiger partial charge is 0.230 e. The Morgan fingerprint density at radius 2 is 1.91 bits per heavy atom. The van der Waals surface area contributed by atoms with Gasteiger partial charge in [0, 0.05) is 24.8 Å². The quantitative estimate of drug-likeness (QED) is 0.522. The third-order valence-corrected chi connectivity index (χ3v) is 6.66. The van der Waals surface area contributed by atoms with E-state index < -0.39 is 0 Å². The fourth-order valence-electron chi connectivity index (χ4n) is 3.93. The number of carbonyl (C=O) groups excluding carboxylic acids is 1. The zero-order valence-electron chi connectivity index (χ0n) is 18.4. The number of hydrogen-bond donors (Lipinski definition) is 1. The summed E-state index contributed by atoms with van der Waals surface area (Å²) in [6.45, 7) is 7.21. The second kappa shape index (κ2) is 10.3. The van der Waals surface area contributed by atoms with E-state index in [0.29, 0.717) is 35.0 Å². The summed E-state index contributed by atoms with van der Waals surface area (Å²) in [6, 6.07) is 16.6. The van der Waals surface area contributed by atoms with E-state index in [1.54, 1.807) is 22.8 Å². The first kappa shape index (κ1) is 22.5. The molecule has 1 saturated heterocycles. The normalized spacial score (nSPS) is 16.6. The maximum Gasteiger partial charge on any atom is 0.230 e. The van der Waals surface area contributed by atoms with Gasteiger partial charge in [0.25, 0.3) is 0 Å². The minimum Gasteiger partial charge on any atom is -0.355 e. The summed E-state index contributed by atoms with van der Waals surface area (Å²) >= 11 is 1.30. The van der Waals surface area contributed by atoms with Gasteiger partial charge in [0.2, 0.25) is 5.91 Å². The Morgan fingerprint density at radius 1 is 1.16 bits per heavy atom. The standard InChI is InChI=1S/C24H28FN5OS/c1-17(2)29-13-12-18(15-29)14-26-22(31)16-32-24-28-27-23(20-10-6-7-11-21(20)25)30(24)19-8-4-3-5-9-19/h3-11,17-18H,12-16H2,1-2H3,(H,26,31). The van der Waals surface area contributed by atoms with Crippen LogP contribution >= 0.6 is 11.8 Å². The molecule has 8 heteroatoms. The number of nitrogens with one attached hydrogen (secondary N) is 1. The fourth-order valence-corrected chi connectivity index (χ4v) is 4.71. The Labute approximate surface area is 192 Å². The van der Waals surface area contributed by atoms with E-state index in [0.717, 1.165) is 25.2 Å². The fraction of sp³-hybridized carbons (Fsp3) is 0.375. The molecule has 0 radical (unpaired) electrons. The molecule has 6 nitrogen and oxygen atoms in total. The van der Waals surface area contributed by atoms with Crippen molar-refractivity contribution >= 4 is 17.7 Å². The molecule has 32 heavy (non-hydrogen) atoms. The van der Waals surface area contributed by atoms with Gasteiger partial charge in [0.15, 0.2) is 11.0 Å². The van der Waals surface area contributed by atoms with Crippen LogP contribution in [0.15, 0.2) is 59.8 Å². The van der Waals surface area contributed by atoms with Crippen LogP contribution in [0.4, 0.5) is 4.39 Å². The van der Waals surface area contributed by atoms with Crippen LogP contribution in [0.1, 0.15) is 20.3 Å². The van der Waals surface area contributed by atoms with Crippen molar-refractivity contribution in [2.75, 3.05) is 25.4 Å². The number of thioether (sulfide) groups is 1. The number of carbonyl (C=O) groups is 1. The Kier molecular flexibility index (Phi) is 7.22. The monoisotopic (exact) mass is 453 g/mol. The molecule has 0 spiro atoms. The van der Waals surface area contributed by atoms with Crippen molar-refractivity contribution in [3.63, 3.8) is 0 Å². The van der Waals surface area contributed by atoms with E-state index in [4.69, 9.17) is 0 Å². The number of likely N-dealkylation sites (tertiary alicyclic amines) is 1. The zero-order chi connectivity index (χ0) is 22.5. The zero-order valence-corrected chi connectivity index (χ0v) is 19.2. The Bertz CT molecular complexity index is 1060. The van der Waals surface area contributed by atoms with E-state index in [1.807, 2.05) is 30.3 Å². The molecule has 1 aromatic heterocycles. The molecule has 1 aliphatic heterocycles. The molecule has 168 valence electrons. The number of aromatic nitrogens is 3. The topological polar surface area (TPSA) is 63.1 Å². The molecule has 1 unspecified atom stereocenters. The second-order valence-electron chi connectivity index (χ2n) is 8.29. The lowest BCUT2D eigenvalue weighted by atomic mass is 10.1. The van der Waals surface area contributed by atoms with Crippen LogP contribution < -0.4 is 5.32 Å². The molecule has 0 bridgehead atoms. The summed E-state index contributed by atoms with van der Waals surface area (Å²) in [5, 5.41) is 12.1. The highest BCUT2D eigenvalue weighted by Crippen LogP contribution is 2.29. The van der Waals surface area contributed by atoms with E-state index in [1.165, 1.54) is 17.8 Å². The SMILES string of the molecule is CC(C)N1CCC(CNC(=O)CSc2nnc(-c3ccccc3F)n2-c2ccccc2)C1. The van der Waals surface area contributed by atoms with Gasteiger partial charge in [0.1, 0.15) is 5.82 Å². The molecule has 2 aromatic carbocycles. The van der Waals surface area contributed by atoms with Crippen molar-refractivity contribution in [1.82, 2.24) is 25.0 Å². The maximum absolute atomic E-state index is 14.5. The summed E-state index contributed by atoms with van der Waals surface area (Å²) in [6.07, 6.45) is 1.11. The third-order valence-electron chi connectivity index (χ3n) is 5.73. The second-order valence-corrected chi connectivity index (χ2v) is 9.24. The number of nitrogens with zero attached hydrogens (tertiary/aromatic N) is 4. The van der Waals surface area contributed by atoms with Crippen LogP contribution in [0.3, 0.4) is 0 Å². The van der Waals surface area contributed by atoms with Crippen LogP contribution in [0, 0.1) is 11.7 Å². The van der Waals surface area contributed by atoms with Crippen LogP contribution in [0.5, 0.6) is 0 Å². The van der Waals surface area contributed by atoms with Gasteiger partial charge in [-0.25, -0.2) is 4.39 Å².